The highest BCUT2D eigenvalue weighted by molar-refractivity contribution is 6.36. The normalized spacial score (nSPS) is 18.6. The van der Waals surface area contributed by atoms with Crippen LogP contribution in [0.2, 0.25) is 10.0 Å². The molecular weight excluding hydrogens is 499 g/mol. The fraction of sp³-hybridized carbons (Fsp3) is 0.423. The van der Waals surface area contributed by atoms with Crippen molar-refractivity contribution in [1.82, 2.24) is 25.5 Å². The number of anilines is 1. The fourth-order valence-corrected chi connectivity index (χ4v) is 5.95. The standard InChI is InChI=1S/C26H28Cl2N6O2/c1-33(26-29-31-32-30-26)24(35)17-9-7-16(8-10-17)19-14-22(27)21(23(28)15-19)13-18-11-12-34(25(18)36)20-5-3-2-4-6-20/h7-10,14-15,18,20H,2-6,11-13H2,1H3,(H,29,30,31,32). The molecule has 36 heavy (non-hydrogen) atoms. The molecule has 8 nitrogen and oxygen atoms in total. The highest BCUT2D eigenvalue weighted by Gasteiger charge is 2.36. The Morgan fingerprint density at radius 3 is 2.39 bits per heavy atom. The molecule has 1 unspecified atom stereocenters. The number of carbonyl (C=O) groups is 2. The maximum absolute atomic E-state index is 13.1. The van der Waals surface area contributed by atoms with Crippen LogP contribution in [0.4, 0.5) is 5.95 Å². The van der Waals surface area contributed by atoms with Gasteiger partial charge in [-0.3, -0.25) is 14.5 Å². The molecule has 2 heterocycles. The van der Waals surface area contributed by atoms with E-state index in [-0.39, 0.29) is 23.7 Å². The zero-order chi connectivity index (χ0) is 25.2. The van der Waals surface area contributed by atoms with E-state index in [2.05, 4.69) is 25.5 Å². The number of halogens is 2. The van der Waals surface area contributed by atoms with Gasteiger partial charge >= 0.3 is 0 Å². The summed E-state index contributed by atoms with van der Waals surface area (Å²) in [6.45, 7) is 0.828. The van der Waals surface area contributed by atoms with Crippen molar-refractivity contribution >= 4 is 41.0 Å². The third-order valence-electron chi connectivity index (χ3n) is 7.36. The van der Waals surface area contributed by atoms with Crippen LogP contribution in [0.25, 0.3) is 11.1 Å². The van der Waals surface area contributed by atoms with Crippen molar-refractivity contribution in [3.63, 3.8) is 0 Å². The molecule has 1 saturated carbocycles. The Morgan fingerprint density at radius 2 is 1.75 bits per heavy atom. The number of hydrogen-bond acceptors (Lipinski definition) is 5. The largest absolute Gasteiger partial charge is 0.339 e. The lowest BCUT2D eigenvalue weighted by atomic mass is 9.93. The average Bonchev–Trinajstić information content (AvgIpc) is 3.56. The fourth-order valence-electron chi connectivity index (χ4n) is 5.31. The summed E-state index contributed by atoms with van der Waals surface area (Å²) in [7, 11) is 1.59. The van der Waals surface area contributed by atoms with Crippen molar-refractivity contribution in [2.75, 3.05) is 18.5 Å². The predicted molar refractivity (Wildman–Crippen MR) is 139 cm³/mol. The number of tetrazole rings is 1. The van der Waals surface area contributed by atoms with E-state index in [0.29, 0.717) is 28.1 Å². The summed E-state index contributed by atoms with van der Waals surface area (Å²) in [6.07, 6.45) is 7.33. The summed E-state index contributed by atoms with van der Waals surface area (Å²) in [4.78, 5) is 29.2. The molecule has 5 rings (SSSR count). The van der Waals surface area contributed by atoms with E-state index >= 15 is 0 Å². The highest BCUT2D eigenvalue weighted by Crippen LogP contribution is 2.36. The van der Waals surface area contributed by atoms with Crippen LogP contribution < -0.4 is 4.90 Å². The quantitative estimate of drug-likeness (QED) is 0.477. The molecule has 1 saturated heterocycles. The smallest absolute Gasteiger partial charge is 0.272 e. The van der Waals surface area contributed by atoms with E-state index in [0.717, 1.165) is 42.5 Å². The van der Waals surface area contributed by atoms with Gasteiger partial charge in [0.15, 0.2) is 0 Å². The number of nitrogens with zero attached hydrogens (tertiary/aromatic N) is 5. The van der Waals surface area contributed by atoms with Crippen LogP contribution in [0.1, 0.15) is 54.4 Å². The molecule has 0 radical (unpaired) electrons. The van der Waals surface area contributed by atoms with E-state index in [1.165, 1.54) is 24.2 Å². The second kappa shape index (κ2) is 10.6. The number of hydrogen-bond donors (Lipinski definition) is 1. The van der Waals surface area contributed by atoms with E-state index < -0.39 is 0 Å². The highest BCUT2D eigenvalue weighted by atomic mass is 35.5. The molecule has 0 spiro atoms. The van der Waals surface area contributed by atoms with Gasteiger partial charge < -0.3 is 4.90 Å². The van der Waals surface area contributed by atoms with Gasteiger partial charge in [-0.1, -0.05) is 59.7 Å². The van der Waals surface area contributed by atoms with Gasteiger partial charge in [0.2, 0.25) is 5.91 Å². The summed E-state index contributed by atoms with van der Waals surface area (Å²) in [5.74, 6) is 0.108. The lowest BCUT2D eigenvalue weighted by Gasteiger charge is -2.31. The lowest BCUT2D eigenvalue weighted by molar-refractivity contribution is -0.133. The first-order valence-electron chi connectivity index (χ1n) is 12.3. The first-order chi connectivity index (χ1) is 17.4. The van der Waals surface area contributed by atoms with Gasteiger partial charge in [-0.15, -0.1) is 5.10 Å². The number of aromatic amines is 1. The number of nitrogens with one attached hydrogen (secondary N) is 1. The van der Waals surface area contributed by atoms with Crippen LogP contribution in [-0.4, -0.2) is 57.0 Å². The Bertz CT molecular complexity index is 1220. The minimum absolute atomic E-state index is 0.0748. The molecule has 1 N–H and O–H groups in total. The van der Waals surface area contributed by atoms with Gasteiger partial charge in [0, 0.05) is 41.2 Å². The Hall–Kier alpha value is -2.97. The molecule has 188 valence electrons. The van der Waals surface area contributed by atoms with E-state index in [1.807, 2.05) is 24.3 Å². The van der Waals surface area contributed by atoms with Crippen LogP contribution in [-0.2, 0) is 11.2 Å². The molecule has 1 aromatic heterocycles. The molecule has 1 aliphatic carbocycles. The average molecular weight is 527 g/mol. The van der Waals surface area contributed by atoms with Crippen LogP contribution in [0, 0.1) is 5.92 Å². The molecule has 1 aliphatic heterocycles. The van der Waals surface area contributed by atoms with E-state index in [1.54, 1.807) is 19.2 Å². The van der Waals surface area contributed by atoms with E-state index in [9.17, 15) is 9.59 Å². The Labute approximate surface area is 220 Å². The Kier molecular flexibility index (Phi) is 7.25. The van der Waals surface area contributed by atoms with Crippen molar-refractivity contribution < 1.29 is 9.59 Å². The third kappa shape index (κ3) is 4.97. The summed E-state index contributed by atoms with van der Waals surface area (Å²) >= 11 is 13.4. The maximum Gasteiger partial charge on any atom is 0.272 e. The minimum Gasteiger partial charge on any atom is -0.339 e. The number of rotatable bonds is 6. The van der Waals surface area contributed by atoms with Crippen LogP contribution >= 0.6 is 23.2 Å². The lowest BCUT2D eigenvalue weighted by Crippen LogP contribution is -2.39. The molecule has 2 aliphatic rings. The number of likely N-dealkylation sites (tertiary alicyclic amines) is 1. The van der Waals surface area contributed by atoms with Crippen molar-refractivity contribution in [3.8, 4) is 11.1 Å². The molecule has 10 heteroatoms. The molecule has 0 bridgehead atoms. The zero-order valence-electron chi connectivity index (χ0n) is 20.1. The van der Waals surface area contributed by atoms with Crippen LogP contribution in [0.15, 0.2) is 36.4 Å². The van der Waals surface area contributed by atoms with Gasteiger partial charge in [0.25, 0.3) is 11.9 Å². The molecule has 2 aromatic carbocycles. The van der Waals surface area contributed by atoms with Gasteiger partial charge in [0.05, 0.1) is 0 Å². The monoisotopic (exact) mass is 526 g/mol. The second-order valence-electron chi connectivity index (χ2n) is 9.58. The number of benzene rings is 2. The molecule has 2 fully saturated rings. The molecule has 3 aromatic rings. The Morgan fingerprint density at radius 1 is 1.06 bits per heavy atom. The van der Waals surface area contributed by atoms with Crippen molar-refractivity contribution in [2.45, 2.75) is 51.0 Å². The van der Waals surface area contributed by atoms with Crippen molar-refractivity contribution in [3.05, 3.63) is 57.6 Å². The number of amides is 2. The second-order valence-corrected chi connectivity index (χ2v) is 10.4. The predicted octanol–water partition coefficient (Wildman–Crippen LogP) is 5.17. The van der Waals surface area contributed by atoms with Gasteiger partial charge in [-0.25, -0.2) is 0 Å². The summed E-state index contributed by atoms with van der Waals surface area (Å²) < 4.78 is 0. The molecular formula is C26H28Cl2N6O2. The molecule has 1 atom stereocenters. The van der Waals surface area contributed by atoms with Crippen LogP contribution in [0.3, 0.4) is 0 Å². The van der Waals surface area contributed by atoms with E-state index in [4.69, 9.17) is 23.2 Å². The number of aromatic nitrogens is 4. The number of carbonyl (C=O) groups excluding carboxylic acids is 2. The zero-order valence-corrected chi connectivity index (χ0v) is 21.6. The molecule has 2 amide bonds. The minimum atomic E-state index is -0.252. The maximum atomic E-state index is 13.1. The van der Waals surface area contributed by atoms with Crippen molar-refractivity contribution in [1.29, 1.82) is 0 Å². The van der Waals surface area contributed by atoms with Crippen molar-refractivity contribution in [2.24, 2.45) is 5.92 Å². The van der Waals surface area contributed by atoms with Crippen LogP contribution in [0.5, 0.6) is 0 Å². The van der Waals surface area contributed by atoms with Gasteiger partial charge in [0.1, 0.15) is 0 Å². The first kappa shape index (κ1) is 24.7. The Balaban J connectivity index is 1.28. The third-order valence-corrected chi connectivity index (χ3v) is 8.04. The topological polar surface area (TPSA) is 95.1 Å². The summed E-state index contributed by atoms with van der Waals surface area (Å²) in [5.41, 5.74) is 3.03. The number of H-pyrrole nitrogens is 1. The first-order valence-corrected chi connectivity index (χ1v) is 13.1. The summed E-state index contributed by atoms with van der Waals surface area (Å²) in [6, 6.07) is 11.3. The van der Waals surface area contributed by atoms with Gasteiger partial charge in [-0.2, -0.15) is 5.21 Å². The SMILES string of the molecule is CN(C(=O)c1ccc(-c2cc(Cl)c(CC3CCN(C4CCCCC4)C3=O)c(Cl)c2)cc1)c1nn[nH]n1. The summed E-state index contributed by atoms with van der Waals surface area (Å²) in [5, 5.41) is 14.6. The van der Waals surface area contributed by atoms with Gasteiger partial charge in [-0.05, 0) is 71.9 Å².